The van der Waals surface area contributed by atoms with Crippen molar-refractivity contribution in [3.63, 3.8) is 0 Å². The van der Waals surface area contributed by atoms with E-state index in [0.29, 0.717) is 6.04 Å². The van der Waals surface area contributed by atoms with Crippen molar-refractivity contribution in [3.8, 4) is 5.75 Å². The number of rotatable bonds is 3. The third kappa shape index (κ3) is 2.68. The Balaban J connectivity index is 1.80. The van der Waals surface area contributed by atoms with Gasteiger partial charge in [-0.15, -0.1) is 0 Å². The molecule has 0 spiro atoms. The first-order chi connectivity index (χ1) is 9.74. The van der Waals surface area contributed by atoms with Crippen molar-refractivity contribution in [3.05, 3.63) is 58.9 Å². The van der Waals surface area contributed by atoms with Crippen LogP contribution in [0.2, 0.25) is 0 Å². The molecule has 0 radical (unpaired) electrons. The molecule has 20 heavy (non-hydrogen) atoms. The van der Waals surface area contributed by atoms with Crippen LogP contribution in [0, 0.1) is 13.8 Å². The quantitative estimate of drug-likeness (QED) is 0.927. The largest absolute Gasteiger partial charge is 0.493 e. The highest BCUT2D eigenvalue weighted by atomic mass is 16.5. The summed E-state index contributed by atoms with van der Waals surface area (Å²) in [5.41, 5.74) is 5.15. The van der Waals surface area contributed by atoms with Gasteiger partial charge >= 0.3 is 0 Å². The minimum absolute atomic E-state index is 0.368. The van der Waals surface area contributed by atoms with Gasteiger partial charge in [0.05, 0.1) is 6.61 Å². The minimum Gasteiger partial charge on any atom is -0.493 e. The van der Waals surface area contributed by atoms with Crippen molar-refractivity contribution in [1.82, 2.24) is 10.3 Å². The van der Waals surface area contributed by atoms with E-state index < -0.39 is 0 Å². The van der Waals surface area contributed by atoms with Crippen LogP contribution in [0.3, 0.4) is 0 Å². The maximum atomic E-state index is 5.82. The number of nitrogens with one attached hydrogen (secondary N) is 1. The van der Waals surface area contributed by atoms with Gasteiger partial charge in [0.25, 0.3) is 0 Å². The molecule has 1 aromatic carbocycles. The zero-order valence-corrected chi connectivity index (χ0v) is 12.0. The van der Waals surface area contributed by atoms with Crippen LogP contribution >= 0.6 is 0 Å². The van der Waals surface area contributed by atoms with Gasteiger partial charge in [-0.3, -0.25) is 4.98 Å². The summed E-state index contributed by atoms with van der Waals surface area (Å²) in [6.07, 6.45) is 4.69. The van der Waals surface area contributed by atoms with E-state index in [2.05, 4.69) is 48.4 Å². The highest BCUT2D eigenvalue weighted by Crippen LogP contribution is 2.35. The fourth-order valence-corrected chi connectivity index (χ4v) is 2.88. The van der Waals surface area contributed by atoms with Crippen LogP contribution in [-0.4, -0.2) is 11.6 Å². The third-order valence-corrected chi connectivity index (χ3v) is 3.81. The average Bonchev–Trinajstić information content (AvgIpc) is 2.45. The lowest BCUT2D eigenvalue weighted by atomic mass is 9.94. The Hall–Kier alpha value is -1.87. The number of aromatic nitrogens is 1. The molecule has 104 valence electrons. The van der Waals surface area contributed by atoms with E-state index in [1.54, 1.807) is 0 Å². The molecule has 2 heterocycles. The van der Waals surface area contributed by atoms with Crippen LogP contribution in [0.25, 0.3) is 0 Å². The van der Waals surface area contributed by atoms with Crippen LogP contribution in [0.4, 0.5) is 0 Å². The first-order valence-corrected chi connectivity index (χ1v) is 7.10. The van der Waals surface area contributed by atoms with Gasteiger partial charge in [-0.1, -0.05) is 6.07 Å². The smallest absolute Gasteiger partial charge is 0.124 e. The zero-order valence-electron chi connectivity index (χ0n) is 12.0. The summed E-state index contributed by atoms with van der Waals surface area (Å²) in [6, 6.07) is 8.84. The normalized spacial score (nSPS) is 17.4. The summed E-state index contributed by atoms with van der Waals surface area (Å²) in [4.78, 5) is 4.05. The summed E-state index contributed by atoms with van der Waals surface area (Å²) in [6.45, 7) is 5.93. The highest BCUT2D eigenvalue weighted by molar-refractivity contribution is 5.46. The number of fused-ring (bicyclic) bond motifs is 1. The molecular formula is C17H20N2O. The van der Waals surface area contributed by atoms with Gasteiger partial charge in [0.15, 0.2) is 0 Å². The molecule has 1 unspecified atom stereocenters. The average molecular weight is 268 g/mol. The Morgan fingerprint density at radius 1 is 1.25 bits per heavy atom. The molecule has 0 aliphatic carbocycles. The van der Waals surface area contributed by atoms with E-state index in [1.807, 2.05) is 12.4 Å². The van der Waals surface area contributed by atoms with Gasteiger partial charge in [-0.25, -0.2) is 0 Å². The molecule has 1 N–H and O–H groups in total. The summed E-state index contributed by atoms with van der Waals surface area (Å²) >= 11 is 0. The fraction of sp³-hybridized carbons (Fsp3) is 0.353. The van der Waals surface area contributed by atoms with Crippen molar-refractivity contribution in [1.29, 1.82) is 0 Å². The zero-order chi connectivity index (χ0) is 13.9. The lowest BCUT2D eigenvalue weighted by molar-refractivity contribution is 0.251. The molecule has 0 bridgehead atoms. The number of ether oxygens (including phenoxy) is 1. The van der Waals surface area contributed by atoms with E-state index in [4.69, 9.17) is 4.74 Å². The molecule has 1 aliphatic rings. The van der Waals surface area contributed by atoms with Crippen molar-refractivity contribution < 1.29 is 4.74 Å². The Morgan fingerprint density at radius 3 is 2.85 bits per heavy atom. The molecule has 0 amide bonds. The SMILES string of the molecule is Cc1cc(C)c2c(c1)OCCC2NCc1ccncc1. The molecular weight excluding hydrogens is 248 g/mol. The van der Waals surface area contributed by atoms with E-state index in [0.717, 1.165) is 25.3 Å². The summed E-state index contributed by atoms with van der Waals surface area (Å²) in [5.74, 6) is 1.04. The number of nitrogens with zero attached hydrogens (tertiary/aromatic N) is 1. The summed E-state index contributed by atoms with van der Waals surface area (Å²) < 4.78 is 5.82. The molecule has 3 rings (SSSR count). The van der Waals surface area contributed by atoms with Crippen molar-refractivity contribution >= 4 is 0 Å². The second-order valence-corrected chi connectivity index (χ2v) is 5.42. The monoisotopic (exact) mass is 268 g/mol. The number of benzene rings is 1. The number of hydrogen-bond donors (Lipinski definition) is 1. The molecule has 0 saturated heterocycles. The lowest BCUT2D eigenvalue weighted by Gasteiger charge is -2.29. The van der Waals surface area contributed by atoms with Crippen LogP contribution in [-0.2, 0) is 6.54 Å². The number of hydrogen-bond acceptors (Lipinski definition) is 3. The predicted octanol–water partition coefficient (Wildman–Crippen LogP) is 3.31. The first kappa shape index (κ1) is 13.1. The van der Waals surface area contributed by atoms with Crippen molar-refractivity contribution in [2.75, 3.05) is 6.61 Å². The fourth-order valence-electron chi connectivity index (χ4n) is 2.88. The molecule has 2 aromatic rings. The Labute approximate surface area is 120 Å². The van der Waals surface area contributed by atoms with Crippen molar-refractivity contribution in [2.45, 2.75) is 32.9 Å². The summed E-state index contributed by atoms with van der Waals surface area (Å²) in [5, 5.41) is 3.65. The van der Waals surface area contributed by atoms with Crippen LogP contribution in [0.15, 0.2) is 36.7 Å². The second kappa shape index (κ2) is 5.63. The van der Waals surface area contributed by atoms with E-state index in [9.17, 15) is 0 Å². The standard InChI is InChI=1S/C17H20N2O/c1-12-9-13(2)17-15(5-8-20-16(17)10-12)19-11-14-3-6-18-7-4-14/h3-4,6-7,9-10,15,19H,5,8,11H2,1-2H3. The second-order valence-electron chi connectivity index (χ2n) is 5.42. The number of aryl methyl sites for hydroxylation is 2. The lowest BCUT2D eigenvalue weighted by Crippen LogP contribution is -2.27. The van der Waals surface area contributed by atoms with Gasteiger partial charge in [-0.2, -0.15) is 0 Å². The minimum atomic E-state index is 0.368. The van der Waals surface area contributed by atoms with E-state index >= 15 is 0 Å². The Bertz CT molecular complexity index is 595. The maximum absolute atomic E-state index is 5.82. The van der Waals surface area contributed by atoms with Gasteiger partial charge in [0.2, 0.25) is 0 Å². The van der Waals surface area contributed by atoms with E-state index in [1.165, 1.54) is 22.3 Å². The third-order valence-electron chi connectivity index (χ3n) is 3.81. The maximum Gasteiger partial charge on any atom is 0.124 e. The topological polar surface area (TPSA) is 34.1 Å². The Kier molecular flexibility index (Phi) is 3.70. The highest BCUT2D eigenvalue weighted by Gasteiger charge is 2.23. The van der Waals surface area contributed by atoms with Gasteiger partial charge in [0, 0.05) is 37.0 Å². The molecule has 1 atom stereocenters. The molecule has 1 aliphatic heterocycles. The number of pyridine rings is 1. The van der Waals surface area contributed by atoms with Gasteiger partial charge in [0.1, 0.15) is 5.75 Å². The van der Waals surface area contributed by atoms with Crippen LogP contribution in [0.1, 0.15) is 34.7 Å². The van der Waals surface area contributed by atoms with Crippen molar-refractivity contribution in [2.24, 2.45) is 0 Å². The first-order valence-electron chi connectivity index (χ1n) is 7.10. The Morgan fingerprint density at radius 2 is 2.05 bits per heavy atom. The molecule has 3 nitrogen and oxygen atoms in total. The predicted molar refractivity (Wildman–Crippen MR) is 79.8 cm³/mol. The summed E-state index contributed by atoms with van der Waals surface area (Å²) in [7, 11) is 0. The van der Waals surface area contributed by atoms with E-state index in [-0.39, 0.29) is 0 Å². The molecule has 0 fully saturated rings. The molecule has 0 saturated carbocycles. The van der Waals surface area contributed by atoms with Gasteiger partial charge in [-0.05, 0) is 48.7 Å². The van der Waals surface area contributed by atoms with Crippen LogP contribution < -0.4 is 10.1 Å². The van der Waals surface area contributed by atoms with Gasteiger partial charge < -0.3 is 10.1 Å². The molecule has 1 aromatic heterocycles. The molecule has 3 heteroatoms. The van der Waals surface area contributed by atoms with Crippen LogP contribution in [0.5, 0.6) is 5.75 Å².